The lowest BCUT2D eigenvalue weighted by molar-refractivity contribution is -0.119. The van der Waals surface area contributed by atoms with Crippen LogP contribution in [0.25, 0.3) is 11.3 Å². The first kappa shape index (κ1) is 20.1. The van der Waals surface area contributed by atoms with Crippen molar-refractivity contribution in [2.75, 3.05) is 34.8 Å². The summed E-state index contributed by atoms with van der Waals surface area (Å²) in [7, 11) is 0. The lowest BCUT2D eigenvalue weighted by Gasteiger charge is -2.19. The lowest BCUT2D eigenvalue weighted by Crippen LogP contribution is -2.27. The van der Waals surface area contributed by atoms with E-state index in [1.165, 1.54) is 0 Å². The highest BCUT2D eigenvalue weighted by atomic mass is 16.1. The van der Waals surface area contributed by atoms with Crippen LogP contribution in [0, 0.1) is 11.3 Å². The Kier molecular flexibility index (Phi) is 5.40. The molecule has 3 aromatic rings. The first-order valence-electron chi connectivity index (χ1n) is 9.90. The molecule has 1 aliphatic heterocycles. The summed E-state index contributed by atoms with van der Waals surface area (Å²) in [6, 6.07) is 16.4. The van der Waals surface area contributed by atoms with Gasteiger partial charge in [0.05, 0.1) is 11.6 Å². The molecular weight excluding hydrogens is 392 g/mol. The van der Waals surface area contributed by atoms with Gasteiger partial charge in [0, 0.05) is 41.7 Å². The Morgan fingerprint density at radius 2 is 1.87 bits per heavy atom. The van der Waals surface area contributed by atoms with E-state index in [2.05, 4.69) is 15.3 Å². The first-order chi connectivity index (χ1) is 14.9. The average molecular weight is 416 g/mol. The van der Waals surface area contributed by atoms with E-state index < -0.39 is 0 Å². The fourth-order valence-electron chi connectivity index (χ4n) is 3.68. The summed E-state index contributed by atoms with van der Waals surface area (Å²) in [6.45, 7) is 1.23. The van der Waals surface area contributed by atoms with Crippen LogP contribution in [-0.4, -0.2) is 34.8 Å². The molecule has 0 spiro atoms. The van der Waals surface area contributed by atoms with E-state index in [9.17, 15) is 4.79 Å². The van der Waals surface area contributed by atoms with Gasteiger partial charge in [-0.2, -0.15) is 4.98 Å². The molecule has 1 aromatic heterocycles. The van der Waals surface area contributed by atoms with Gasteiger partial charge in [-0.05, 0) is 30.7 Å². The number of nitrogens with zero attached hydrogens (tertiary/aromatic N) is 3. The van der Waals surface area contributed by atoms with Gasteiger partial charge >= 0.3 is 0 Å². The zero-order chi connectivity index (χ0) is 22.0. The lowest BCUT2D eigenvalue weighted by atomic mass is 10.1. The Hall–Kier alpha value is -4.14. The van der Waals surface area contributed by atoms with E-state index in [0.29, 0.717) is 35.9 Å². The third kappa shape index (κ3) is 4.40. The molecule has 1 amide bonds. The van der Waals surface area contributed by atoms with E-state index >= 15 is 0 Å². The molecule has 0 bridgehead atoms. The molecule has 1 fully saturated rings. The van der Waals surface area contributed by atoms with Crippen LogP contribution in [0.15, 0.2) is 54.6 Å². The van der Waals surface area contributed by atoms with Crippen molar-refractivity contribution in [3.05, 3.63) is 60.2 Å². The maximum absolute atomic E-state index is 12.6. The third-order valence-electron chi connectivity index (χ3n) is 5.29. The van der Waals surface area contributed by atoms with E-state index in [0.717, 1.165) is 17.7 Å². The van der Waals surface area contributed by atoms with Crippen LogP contribution in [-0.2, 0) is 4.79 Å². The van der Waals surface area contributed by atoms with Crippen LogP contribution in [0.5, 0.6) is 0 Å². The number of amidine groups is 1. The van der Waals surface area contributed by atoms with Crippen molar-refractivity contribution in [3.63, 3.8) is 0 Å². The number of hydrogen-bond donors (Lipinski definition) is 5. The second kappa shape index (κ2) is 8.31. The van der Waals surface area contributed by atoms with Crippen LogP contribution in [0.2, 0.25) is 0 Å². The molecule has 0 aliphatic carbocycles. The van der Waals surface area contributed by atoms with Crippen LogP contribution in [0.1, 0.15) is 12.0 Å². The summed E-state index contributed by atoms with van der Waals surface area (Å²) in [5.41, 5.74) is 20.5. The topological polar surface area (TPSA) is 160 Å². The van der Waals surface area contributed by atoms with Crippen molar-refractivity contribution in [2.24, 2.45) is 11.7 Å². The maximum Gasteiger partial charge on any atom is 0.229 e. The quantitative estimate of drug-likeness (QED) is 0.242. The van der Waals surface area contributed by atoms with Crippen LogP contribution < -0.4 is 27.4 Å². The molecular formula is C22H24N8O. The Bertz CT molecular complexity index is 1130. The number of benzene rings is 2. The minimum Gasteiger partial charge on any atom is -0.398 e. The van der Waals surface area contributed by atoms with Gasteiger partial charge in [-0.1, -0.05) is 24.3 Å². The average Bonchev–Trinajstić information content (AvgIpc) is 3.24. The van der Waals surface area contributed by atoms with Gasteiger partial charge in [-0.25, -0.2) is 4.98 Å². The SMILES string of the molecule is N=C(N)c1ccc(-c2cc(N3CCC(C(=O)Nc4ccccc4)C3)nc(N)n2)cc1N. The number of hydrogen-bond acceptors (Lipinski definition) is 7. The second-order valence-corrected chi connectivity index (χ2v) is 7.47. The van der Waals surface area contributed by atoms with Crippen molar-refractivity contribution in [2.45, 2.75) is 6.42 Å². The fourth-order valence-corrected chi connectivity index (χ4v) is 3.68. The van der Waals surface area contributed by atoms with Gasteiger partial charge in [0.1, 0.15) is 11.7 Å². The predicted molar refractivity (Wildman–Crippen MR) is 123 cm³/mol. The Balaban J connectivity index is 1.52. The monoisotopic (exact) mass is 416 g/mol. The molecule has 9 heteroatoms. The molecule has 1 aliphatic rings. The van der Waals surface area contributed by atoms with Gasteiger partial charge in [-0.3, -0.25) is 10.2 Å². The highest BCUT2D eigenvalue weighted by molar-refractivity contribution is 6.00. The summed E-state index contributed by atoms with van der Waals surface area (Å²) >= 11 is 0. The number of carbonyl (C=O) groups excluding carboxylic acids is 1. The minimum absolute atomic E-state index is 0.0106. The van der Waals surface area contributed by atoms with E-state index in [1.54, 1.807) is 18.2 Å². The summed E-state index contributed by atoms with van der Waals surface area (Å²) in [5, 5.41) is 10.5. The molecule has 1 atom stereocenters. The zero-order valence-electron chi connectivity index (χ0n) is 16.9. The first-order valence-corrected chi connectivity index (χ1v) is 9.90. The molecule has 1 saturated heterocycles. The van der Waals surface area contributed by atoms with Crippen LogP contribution >= 0.6 is 0 Å². The second-order valence-electron chi connectivity index (χ2n) is 7.47. The molecule has 1 unspecified atom stereocenters. The smallest absolute Gasteiger partial charge is 0.229 e. The highest BCUT2D eigenvalue weighted by Crippen LogP contribution is 2.29. The van der Waals surface area contributed by atoms with Crippen molar-refractivity contribution in [1.29, 1.82) is 5.41 Å². The molecule has 31 heavy (non-hydrogen) atoms. The van der Waals surface area contributed by atoms with Gasteiger partial charge < -0.3 is 27.4 Å². The third-order valence-corrected chi connectivity index (χ3v) is 5.29. The van der Waals surface area contributed by atoms with Crippen molar-refractivity contribution in [1.82, 2.24) is 9.97 Å². The van der Waals surface area contributed by atoms with Gasteiger partial charge in [0.15, 0.2) is 0 Å². The number of aromatic nitrogens is 2. The zero-order valence-corrected chi connectivity index (χ0v) is 16.9. The number of nitrogens with two attached hydrogens (primary N) is 3. The molecule has 4 rings (SSSR count). The number of carbonyl (C=O) groups is 1. The van der Waals surface area contributed by atoms with Crippen molar-refractivity contribution < 1.29 is 4.79 Å². The molecule has 0 radical (unpaired) electrons. The Labute approximate surface area is 179 Å². The standard InChI is InChI=1S/C22H24N8O/c23-17-10-13(6-7-16(17)20(24)25)18-11-19(29-22(26)28-18)30-9-8-14(12-30)21(31)27-15-4-2-1-3-5-15/h1-7,10-11,14H,8-9,12,23H2,(H3,24,25)(H,27,31)(H2,26,28,29). The van der Waals surface area contributed by atoms with Gasteiger partial charge in [0.2, 0.25) is 11.9 Å². The molecule has 8 N–H and O–H groups in total. The van der Waals surface area contributed by atoms with Crippen molar-refractivity contribution in [3.8, 4) is 11.3 Å². The fraction of sp³-hybridized carbons (Fsp3) is 0.182. The summed E-state index contributed by atoms with van der Waals surface area (Å²) in [6.07, 6.45) is 0.720. The number of amides is 1. The molecule has 9 nitrogen and oxygen atoms in total. The van der Waals surface area contributed by atoms with Crippen LogP contribution in [0.4, 0.5) is 23.1 Å². The summed E-state index contributed by atoms with van der Waals surface area (Å²) in [4.78, 5) is 23.4. The molecule has 0 saturated carbocycles. The van der Waals surface area contributed by atoms with Gasteiger partial charge in [-0.15, -0.1) is 0 Å². The largest absolute Gasteiger partial charge is 0.398 e. The number of rotatable bonds is 5. The number of para-hydroxylation sites is 1. The van der Waals surface area contributed by atoms with E-state index in [1.807, 2.05) is 41.3 Å². The molecule has 2 heterocycles. The highest BCUT2D eigenvalue weighted by Gasteiger charge is 2.29. The summed E-state index contributed by atoms with van der Waals surface area (Å²) in [5.74, 6) is 0.545. The summed E-state index contributed by atoms with van der Waals surface area (Å²) < 4.78 is 0. The number of anilines is 4. The van der Waals surface area contributed by atoms with E-state index in [4.69, 9.17) is 22.6 Å². The molecule has 2 aromatic carbocycles. The number of nitrogens with one attached hydrogen (secondary N) is 2. The van der Waals surface area contributed by atoms with Crippen LogP contribution in [0.3, 0.4) is 0 Å². The Morgan fingerprint density at radius 1 is 1.10 bits per heavy atom. The predicted octanol–water partition coefficient (Wildman–Crippen LogP) is 2.06. The normalized spacial score (nSPS) is 15.6. The minimum atomic E-state index is -0.148. The maximum atomic E-state index is 12.6. The number of nitrogen functional groups attached to an aromatic ring is 3. The van der Waals surface area contributed by atoms with E-state index in [-0.39, 0.29) is 23.6 Å². The van der Waals surface area contributed by atoms with Crippen molar-refractivity contribution >= 4 is 34.9 Å². The van der Waals surface area contributed by atoms with Gasteiger partial charge in [0.25, 0.3) is 0 Å². The Morgan fingerprint density at radius 3 is 2.58 bits per heavy atom. The molecule has 158 valence electrons.